The van der Waals surface area contributed by atoms with Gasteiger partial charge in [-0.15, -0.1) is 0 Å². The number of nitrogens with one attached hydrogen (secondary N) is 1. The predicted molar refractivity (Wildman–Crippen MR) is 69.8 cm³/mol. The Bertz CT molecular complexity index is 351. The van der Waals surface area contributed by atoms with Gasteiger partial charge in [-0.2, -0.15) is 0 Å². The lowest BCUT2D eigenvalue weighted by Crippen LogP contribution is -2.59. The molecule has 0 atom stereocenters. The van der Waals surface area contributed by atoms with Gasteiger partial charge >= 0.3 is 0 Å². The van der Waals surface area contributed by atoms with Gasteiger partial charge in [0.05, 0.1) is 12.9 Å². The first-order valence-electron chi connectivity index (χ1n) is 7.13. The molecule has 0 saturated heterocycles. The Labute approximate surface area is 109 Å². The number of carbonyl (C=O) groups excluding carboxylic acids is 1. The number of methoxy groups -OCH3 is 1. The molecule has 100 valence electrons. The third-order valence-corrected chi connectivity index (χ3v) is 5.08. The fourth-order valence-electron chi connectivity index (χ4n) is 4.80. The maximum Gasteiger partial charge on any atom is 0.247 e. The number of rotatable bonds is 3. The van der Waals surface area contributed by atoms with Crippen LogP contribution in [0.4, 0.5) is 0 Å². The van der Waals surface area contributed by atoms with Crippen molar-refractivity contribution >= 4 is 5.91 Å². The van der Waals surface area contributed by atoms with Gasteiger partial charge in [0.2, 0.25) is 5.91 Å². The van der Waals surface area contributed by atoms with Gasteiger partial charge < -0.3 is 10.1 Å². The van der Waals surface area contributed by atoms with Gasteiger partial charge in [-0.1, -0.05) is 0 Å². The molecular formula is C15H23NO2. The van der Waals surface area contributed by atoms with Crippen molar-refractivity contribution in [1.29, 1.82) is 0 Å². The lowest BCUT2D eigenvalue weighted by Gasteiger charge is -2.56. The van der Waals surface area contributed by atoms with E-state index in [0.717, 1.165) is 17.8 Å². The van der Waals surface area contributed by atoms with E-state index in [4.69, 9.17) is 4.74 Å². The van der Waals surface area contributed by atoms with Crippen LogP contribution in [0.25, 0.3) is 0 Å². The van der Waals surface area contributed by atoms with Crippen LogP contribution in [0.1, 0.15) is 45.4 Å². The van der Waals surface area contributed by atoms with Gasteiger partial charge in [-0.25, -0.2) is 0 Å². The zero-order valence-electron chi connectivity index (χ0n) is 11.4. The summed E-state index contributed by atoms with van der Waals surface area (Å²) in [7, 11) is 1.60. The van der Waals surface area contributed by atoms with Crippen molar-refractivity contribution in [2.75, 3.05) is 7.11 Å². The maximum absolute atomic E-state index is 12.0. The van der Waals surface area contributed by atoms with Gasteiger partial charge in [-0.3, -0.25) is 4.79 Å². The minimum Gasteiger partial charge on any atom is -0.501 e. The van der Waals surface area contributed by atoms with Crippen LogP contribution in [0.3, 0.4) is 0 Å². The van der Waals surface area contributed by atoms with Crippen molar-refractivity contribution < 1.29 is 9.53 Å². The predicted octanol–water partition coefficient (Wildman–Crippen LogP) is 2.62. The smallest absolute Gasteiger partial charge is 0.247 e. The monoisotopic (exact) mass is 249 g/mol. The fourth-order valence-corrected chi connectivity index (χ4v) is 4.80. The van der Waals surface area contributed by atoms with Crippen molar-refractivity contribution in [2.45, 2.75) is 51.0 Å². The fraction of sp³-hybridized carbons (Fsp3) is 0.800. The van der Waals surface area contributed by atoms with E-state index in [9.17, 15) is 4.79 Å². The molecule has 0 aromatic rings. The second kappa shape index (κ2) is 4.29. The van der Waals surface area contributed by atoms with Crippen LogP contribution >= 0.6 is 0 Å². The third kappa shape index (κ3) is 2.15. The van der Waals surface area contributed by atoms with Crippen molar-refractivity contribution in [3.8, 4) is 0 Å². The molecule has 0 unspecified atom stereocenters. The van der Waals surface area contributed by atoms with Crippen molar-refractivity contribution in [3.63, 3.8) is 0 Å². The van der Waals surface area contributed by atoms with Crippen molar-refractivity contribution in [3.05, 3.63) is 11.8 Å². The van der Waals surface area contributed by atoms with Gasteiger partial charge in [0, 0.05) is 11.6 Å². The summed E-state index contributed by atoms with van der Waals surface area (Å²) in [6.07, 6.45) is 9.39. The van der Waals surface area contributed by atoms with E-state index in [0.29, 0.717) is 5.76 Å². The highest BCUT2D eigenvalue weighted by Gasteiger charge is 2.51. The lowest BCUT2D eigenvalue weighted by molar-refractivity contribution is -0.122. The highest BCUT2D eigenvalue weighted by molar-refractivity contribution is 5.88. The summed E-state index contributed by atoms with van der Waals surface area (Å²) in [5.41, 5.74) is 0.107. The lowest BCUT2D eigenvalue weighted by atomic mass is 9.53. The molecule has 4 aliphatic carbocycles. The number of hydrogen-bond donors (Lipinski definition) is 1. The Kier molecular flexibility index (Phi) is 2.87. The van der Waals surface area contributed by atoms with E-state index in [-0.39, 0.29) is 11.4 Å². The third-order valence-electron chi connectivity index (χ3n) is 5.08. The number of hydrogen-bond acceptors (Lipinski definition) is 2. The zero-order chi connectivity index (χ0) is 12.8. The molecule has 4 bridgehead atoms. The number of ether oxygens (including phenoxy) is 1. The molecule has 0 aromatic carbocycles. The first-order valence-corrected chi connectivity index (χ1v) is 7.13. The molecule has 1 N–H and O–H groups in total. The number of amides is 1. The molecule has 4 saturated carbocycles. The van der Waals surface area contributed by atoms with Crippen LogP contribution in [-0.4, -0.2) is 18.6 Å². The van der Waals surface area contributed by atoms with E-state index in [1.54, 1.807) is 13.2 Å². The van der Waals surface area contributed by atoms with Crippen LogP contribution in [0, 0.1) is 17.8 Å². The zero-order valence-corrected chi connectivity index (χ0v) is 11.4. The van der Waals surface area contributed by atoms with Crippen LogP contribution < -0.4 is 5.32 Å². The molecule has 3 heteroatoms. The van der Waals surface area contributed by atoms with E-state index in [1.807, 2.05) is 6.92 Å². The molecule has 4 aliphatic rings. The Morgan fingerprint density at radius 3 is 2.11 bits per heavy atom. The van der Waals surface area contributed by atoms with Crippen molar-refractivity contribution in [2.24, 2.45) is 17.8 Å². The largest absolute Gasteiger partial charge is 0.501 e. The summed E-state index contributed by atoms with van der Waals surface area (Å²) in [6.45, 7) is 1.82. The van der Waals surface area contributed by atoms with Crippen LogP contribution in [0.15, 0.2) is 11.8 Å². The average molecular weight is 249 g/mol. The minimum absolute atomic E-state index is 0.0244. The summed E-state index contributed by atoms with van der Waals surface area (Å²) in [4.78, 5) is 12.0. The first kappa shape index (κ1) is 12.1. The van der Waals surface area contributed by atoms with Gasteiger partial charge in [0.25, 0.3) is 0 Å². The topological polar surface area (TPSA) is 38.3 Å². The maximum atomic E-state index is 12.0. The summed E-state index contributed by atoms with van der Waals surface area (Å²) in [5.74, 6) is 3.30. The minimum atomic E-state index is 0.0244. The van der Waals surface area contributed by atoms with Crippen LogP contribution in [0.5, 0.6) is 0 Å². The number of carbonyl (C=O) groups is 1. The van der Waals surface area contributed by atoms with Crippen molar-refractivity contribution in [1.82, 2.24) is 5.32 Å². The summed E-state index contributed by atoms with van der Waals surface area (Å²) in [5, 5.41) is 3.29. The van der Waals surface area contributed by atoms with Crippen LogP contribution in [-0.2, 0) is 9.53 Å². The van der Waals surface area contributed by atoms with Gasteiger partial charge in [0.15, 0.2) is 0 Å². The quantitative estimate of drug-likeness (QED) is 0.617. The number of allylic oxidation sites excluding steroid dienone is 1. The molecular weight excluding hydrogens is 226 g/mol. The summed E-state index contributed by atoms with van der Waals surface area (Å²) < 4.78 is 5.04. The Balaban J connectivity index is 1.70. The highest BCUT2D eigenvalue weighted by Crippen LogP contribution is 2.55. The summed E-state index contributed by atoms with van der Waals surface area (Å²) >= 11 is 0. The molecule has 4 fully saturated rings. The molecule has 0 spiro atoms. The standard InChI is InChI=1S/C15H23NO2/c1-10(18-2)3-14(17)16-15-7-11-4-12(8-15)6-13(5-11)9-15/h3,11-13H,4-9H2,1-2H3,(H,16,17)/b10-3-. The molecule has 18 heavy (non-hydrogen) atoms. The Morgan fingerprint density at radius 1 is 1.17 bits per heavy atom. The van der Waals surface area contributed by atoms with E-state index >= 15 is 0 Å². The average Bonchev–Trinajstić information content (AvgIpc) is 2.25. The van der Waals surface area contributed by atoms with Gasteiger partial charge in [-0.05, 0) is 63.2 Å². The molecule has 0 radical (unpaired) electrons. The SMILES string of the molecule is CO/C(C)=C\C(=O)NC12CC3CC(CC(C3)C1)C2. The Morgan fingerprint density at radius 2 is 1.67 bits per heavy atom. The van der Waals surface area contributed by atoms with E-state index in [2.05, 4.69) is 5.32 Å². The van der Waals surface area contributed by atoms with Crippen LogP contribution in [0.2, 0.25) is 0 Å². The molecule has 0 heterocycles. The normalized spacial score (nSPS) is 41.9. The van der Waals surface area contributed by atoms with E-state index < -0.39 is 0 Å². The first-order chi connectivity index (χ1) is 8.58. The second-order valence-corrected chi connectivity index (χ2v) is 6.65. The molecule has 0 aromatic heterocycles. The molecule has 1 amide bonds. The highest BCUT2D eigenvalue weighted by atomic mass is 16.5. The van der Waals surface area contributed by atoms with Gasteiger partial charge in [0.1, 0.15) is 0 Å². The second-order valence-electron chi connectivity index (χ2n) is 6.65. The molecule has 3 nitrogen and oxygen atoms in total. The Hall–Kier alpha value is -0.990. The molecule has 0 aliphatic heterocycles. The summed E-state index contributed by atoms with van der Waals surface area (Å²) in [6, 6.07) is 0. The van der Waals surface area contributed by atoms with E-state index in [1.165, 1.54) is 38.5 Å². The molecule has 4 rings (SSSR count).